The summed E-state index contributed by atoms with van der Waals surface area (Å²) in [6.07, 6.45) is 0. The first-order valence-electron chi connectivity index (χ1n) is 6.83. The summed E-state index contributed by atoms with van der Waals surface area (Å²) in [6, 6.07) is 10.0. The average molecular weight is 258 g/mol. The lowest BCUT2D eigenvalue weighted by Crippen LogP contribution is -2.14. The van der Waals surface area contributed by atoms with Gasteiger partial charge < -0.3 is 0 Å². The Labute approximate surface area is 115 Å². The normalized spacial score (nSPS) is 13.0. The maximum absolute atomic E-state index is 14.2. The third-order valence-electron chi connectivity index (χ3n) is 3.60. The van der Waals surface area contributed by atoms with Gasteiger partial charge in [0.15, 0.2) is 0 Å². The molecule has 2 rings (SSSR count). The first-order chi connectivity index (χ1) is 8.59. The van der Waals surface area contributed by atoms with E-state index in [1.165, 1.54) is 5.56 Å². The van der Waals surface area contributed by atoms with Gasteiger partial charge in [-0.15, -0.1) is 0 Å². The molecule has 2 aromatic rings. The highest BCUT2D eigenvalue weighted by Gasteiger charge is 2.20. The van der Waals surface area contributed by atoms with Crippen LogP contribution in [0.25, 0.3) is 10.8 Å². The molecule has 0 aliphatic heterocycles. The molecule has 0 unspecified atom stereocenters. The molecule has 102 valence electrons. The lowest BCUT2D eigenvalue weighted by Gasteiger charge is -2.22. The Morgan fingerprint density at radius 2 is 1.37 bits per heavy atom. The average Bonchev–Trinajstić information content (AvgIpc) is 2.24. The third kappa shape index (κ3) is 2.80. The molecule has 0 spiro atoms. The van der Waals surface area contributed by atoms with Crippen LogP contribution in [0.5, 0.6) is 0 Å². The van der Waals surface area contributed by atoms with Crippen molar-refractivity contribution in [3.05, 3.63) is 47.3 Å². The highest BCUT2D eigenvalue weighted by atomic mass is 19.1. The minimum absolute atomic E-state index is 0.0906. The molecule has 0 amide bonds. The minimum Gasteiger partial charge on any atom is -0.207 e. The van der Waals surface area contributed by atoms with Crippen LogP contribution in [0.4, 0.5) is 4.39 Å². The number of benzene rings is 2. The van der Waals surface area contributed by atoms with Crippen molar-refractivity contribution in [2.75, 3.05) is 0 Å². The van der Waals surface area contributed by atoms with Gasteiger partial charge in [0.25, 0.3) is 0 Å². The van der Waals surface area contributed by atoms with E-state index in [2.05, 4.69) is 39.0 Å². The molecule has 0 N–H and O–H groups in total. The molecule has 0 saturated heterocycles. The zero-order valence-corrected chi connectivity index (χ0v) is 12.8. The van der Waals surface area contributed by atoms with Crippen molar-refractivity contribution in [2.24, 2.45) is 0 Å². The van der Waals surface area contributed by atoms with Crippen LogP contribution < -0.4 is 0 Å². The van der Waals surface area contributed by atoms with Crippen LogP contribution in [0.1, 0.15) is 52.7 Å². The Kier molecular flexibility index (Phi) is 3.20. The summed E-state index contributed by atoms with van der Waals surface area (Å²) in [5.74, 6) is -0.106. The fraction of sp³-hybridized carbons (Fsp3) is 0.444. The lowest BCUT2D eigenvalue weighted by molar-refractivity contribution is 0.524. The summed E-state index contributed by atoms with van der Waals surface area (Å²) in [5, 5.41) is 2.09. The zero-order valence-electron chi connectivity index (χ0n) is 12.8. The molecule has 0 atom stereocenters. The summed E-state index contributed by atoms with van der Waals surface area (Å²) >= 11 is 0. The van der Waals surface area contributed by atoms with Crippen molar-refractivity contribution in [2.45, 2.75) is 52.4 Å². The number of rotatable bonds is 0. The third-order valence-corrected chi connectivity index (χ3v) is 3.60. The van der Waals surface area contributed by atoms with E-state index < -0.39 is 0 Å². The van der Waals surface area contributed by atoms with E-state index in [-0.39, 0.29) is 16.6 Å². The Bertz CT molecular complexity index is 610. The van der Waals surface area contributed by atoms with Crippen LogP contribution in [-0.4, -0.2) is 0 Å². The smallest absolute Gasteiger partial charge is 0.127 e. The van der Waals surface area contributed by atoms with Crippen LogP contribution in [0.3, 0.4) is 0 Å². The number of hydrogen-bond acceptors (Lipinski definition) is 0. The second-order valence-corrected chi connectivity index (χ2v) is 7.39. The largest absolute Gasteiger partial charge is 0.207 e. The fourth-order valence-corrected chi connectivity index (χ4v) is 2.31. The van der Waals surface area contributed by atoms with Gasteiger partial charge >= 0.3 is 0 Å². The lowest BCUT2D eigenvalue weighted by atomic mass is 9.83. The van der Waals surface area contributed by atoms with Gasteiger partial charge in [-0.3, -0.25) is 0 Å². The summed E-state index contributed by atoms with van der Waals surface area (Å²) < 4.78 is 14.2. The van der Waals surface area contributed by atoms with E-state index in [1.54, 1.807) is 6.07 Å². The summed E-state index contributed by atoms with van der Waals surface area (Å²) in [6.45, 7) is 12.7. The van der Waals surface area contributed by atoms with E-state index in [9.17, 15) is 4.39 Å². The van der Waals surface area contributed by atoms with Gasteiger partial charge in [-0.05, 0) is 44.9 Å². The van der Waals surface area contributed by atoms with E-state index in [0.29, 0.717) is 0 Å². The van der Waals surface area contributed by atoms with Gasteiger partial charge in [0.1, 0.15) is 5.82 Å². The highest BCUT2D eigenvalue weighted by Crippen LogP contribution is 2.31. The van der Waals surface area contributed by atoms with Crippen LogP contribution >= 0.6 is 0 Å². The van der Waals surface area contributed by atoms with Crippen molar-refractivity contribution in [1.29, 1.82) is 0 Å². The monoisotopic (exact) mass is 258 g/mol. The van der Waals surface area contributed by atoms with Gasteiger partial charge in [0, 0.05) is 0 Å². The van der Waals surface area contributed by atoms with Crippen LogP contribution in [-0.2, 0) is 10.8 Å². The number of halogens is 1. The first-order valence-corrected chi connectivity index (χ1v) is 6.83. The molecular formula is C18H23F. The predicted molar refractivity (Wildman–Crippen MR) is 81.3 cm³/mol. The zero-order chi connectivity index (χ0) is 14.4. The van der Waals surface area contributed by atoms with Gasteiger partial charge in [0.2, 0.25) is 0 Å². The van der Waals surface area contributed by atoms with Crippen LogP contribution in [0, 0.1) is 5.82 Å². The molecule has 2 aromatic carbocycles. The molecular weight excluding hydrogens is 235 g/mol. The molecule has 0 saturated carbocycles. The van der Waals surface area contributed by atoms with E-state index in [0.717, 1.165) is 16.3 Å². The van der Waals surface area contributed by atoms with Crippen molar-refractivity contribution in [3.63, 3.8) is 0 Å². The van der Waals surface area contributed by atoms with Gasteiger partial charge in [0.05, 0.1) is 0 Å². The van der Waals surface area contributed by atoms with E-state index in [1.807, 2.05) is 26.8 Å². The minimum atomic E-state index is -0.166. The molecule has 19 heavy (non-hydrogen) atoms. The molecule has 1 heteroatoms. The standard InChI is InChI=1S/C18H23F/c1-17(2,3)14-8-7-12-10-15(18(4,5)6)16(19)11-13(12)9-14/h7-11H,1-6H3. The molecule has 0 aromatic heterocycles. The van der Waals surface area contributed by atoms with Crippen molar-refractivity contribution in [3.8, 4) is 0 Å². The Hall–Kier alpha value is -1.37. The maximum atomic E-state index is 14.2. The molecule has 0 heterocycles. The van der Waals surface area contributed by atoms with Gasteiger partial charge in [-0.25, -0.2) is 4.39 Å². The molecule has 0 aliphatic rings. The van der Waals surface area contributed by atoms with Crippen LogP contribution in [0.15, 0.2) is 30.3 Å². The predicted octanol–water partition coefficient (Wildman–Crippen LogP) is 5.57. The van der Waals surface area contributed by atoms with E-state index in [4.69, 9.17) is 0 Å². The quantitative estimate of drug-likeness (QED) is 0.579. The van der Waals surface area contributed by atoms with Crippen LogP contribution in [0.2, 0.25) is 0 Å². The topological polar surface area (TPSA) is 0 Å². The number of fused-ring (bicyclic) bond motifs is 1. The van der Waals surface area contributed by atoms with Gasteiger partial charge in [-0.2, -0.15) is 0 Å². The van der Waals surface area contributed by atoms with Crippen molar-refractivity contribution < 1.29 is 4.39 Å². The fourth-order valence-electron chi connectivity index (χ4n) is 2.31. The first kappa shape index (κ1) is 14.0. The molecule has 0 bridgehead atoms. The summed E-state index contributed by atoms with van der Waals surface area (Å²) in [5.41, 5.74) is 1.94. The van der Waals surface area contributed by atoms with Crippen molar-refractivity contribution in [1.82, 2.24) is 0 Å². The van der Waals surface area contributed by atoms with Crippen molar-refractivity contribution >= 4 is 10.8 Å². The van der Waals surface area contributed by atoms with Gasteiger partial charge in [-0.1, -0.05) is 59.7 Å². The molecule has 0 fully saturated rings. The van der Waals surface area contributed by atoms with E-state index >= 15 is 0 Å². The summed E-state index contributed by atoms with van der Waals surface area (Å²) in [4.78, 5) is 0. The second-order valence-electron chi connectivity index (χ2n) is 7.39. The molecule has 0 radical (unpaired) electrons. The summed E-state index contributed by atoms with van der Waals surface area (Å²) in [7, 11) is 0. The molecule has 0 nitrogen and oxygen atoms in total. The number of hydrogen-bond donors (Lipinski definition) is 0. The maximum Gasteiger partial charge on any atom is 0.127 e. The second kappa shape index (κ2) is 4.33. The SMILES string of the molecule is CC(C)(C)c1ccc2cc(C(C)(C)C)c(F)cc2c1. The Morgan fingerprint density at radius 3 is 1.89 bits per heavy atom. The highest BCUT2D eigenvalue weighted by molar-refractivity contribution is 5.84. The molecule has 0 aliphatic carbocycles. The Balaban J connectivity index is 2.65. The Morgan fingerprint density at radius 1 is 0.737 bits per heavy atom.